The predicted octanol–water partition coefficient (Wildman–Crippen LogP) is 3.83. The molecule has 1 aliphatic rings. The number of carbonyl (C=O) groups excluding carboxylic acids is 1. The molecule has 0 aliphatic carbocycles. The van der Waals surface area contributed by atoms with Crippen LogP contribution in [-0.2, 0) is 15.8 Å². The number of hydrogen-bond donors (Lipinski definition) is 0. The van der Waals surface area contributed by atoms with E-state index in [1.807, 2.05) is 89.6 Å². The van der Waals surface area contributed by atoms with E-state index in [2.05, 4.69) is 5.10 Å². The molecule has 178 valence electrons. The van der Waals surface area contributed by atoms with Crippen molar-refractivity contribution in [1.82, 2.24) is 19.0 Å². The molecule has 5 rings (SSSR count). The molecule has 1 aliphatic heterocycles. The van der Waals surface area contributed by atoms with E-state index in [-0.39, 0.29) is 24.7 Å². The van der Waals surface area contributed by atoms with Gasteiger partial charge in [-0.25, -0.2) is 13.1 Å². The highest BCUT2D eigenvalue weighted by Crippen LogP contribution is 2.23. The van der Waals surface area contributed by atoms with Crippen LogP contribution >= 0.6 is 0 Å². The van der Waals surface area contributed by atoms with Crippen LogP contribution in [0.2, 0.25) is 0 Å². The summed E-state index contributed by atoms with van der Waals surface area (Å²) in [5.74, 6) is -0.141. The van der Waals surface area contributed by atoms with Crippen LogP contribution in [0.25, 0.3) is 16.9 Å². The van der Waals surface area contributed by atoms with E-state index in [0.717, 1.165) is 22.5 Å². The fourth-order valence-electron chi connectivity index (χ4n) is 4.34. The third-order valence-corrected chi connectivity index (χ3v) is 8.01. The van der Waals surface area contributed by atoms with Gasteiger partial charge < -0.3 is 4.90 Å². The Morgan fingerprint density at radius 3 is 2.20 bits per heavy atom. The third-order valence-electron chi connectivity index (χ3n) is 6.16. The minimum absolute atomic E-state index is 0.0303. The summed E-state index contributed by atoms with van der Waals surface area (Å²) < 4.78 is 29.0. The Labute approximate surface area is 205 Å². The highest BCUT2D eigenvalue weighted by molar-refractivity contribution is 7.88. The quantitative estimate of drug-likeness (QED) is 0.415. The summed E-state index contributed by atoms with van der Waals surface area (Å²) >= 11 is 0. The summed E-state index contributed by atoms with van der Waals surface area (Å²) in [5, 5.41) is 4.47. The second-order valence-corrected chi connectivity index (χ2v) is 10.4. The molecule has 0 unspecified atom stereocenters. The molecule has 0 atom stereocenters. The Kier molecular flexibility index (Phi) is 6.48. The number of sulfonamides is 1. The molecule has 1 fully saturated rings. The largest absolute Gasteiger partial charge is 0.336 e. The highest BCUT2D eigenvalue weighted by atomic mass is 32.2. The number of carbonyl (C=O) groups is 1. The van der Waals surface area contributed by atoms with Gasteiger partial charge in [0.2, 0.25) is 10.0 Å². The van der Waals surface area contributed by atoms with E-state index in [4.69, 9.17) is 0 Å². The third kappa shape index (κ3) is 5.03. The maximum Gasteiger partial charge on any atom is 0.254 e. The summed E-state index contributed by atoms with van der Waals surface area (Å²) in [4.78, 5) is 15.0. The van der Waals surface area contributed by atoms with Crippen molar-refractivity contribution < 1.29 is 13.2 Å². The monoisotopic (exact) mass is 486 g/mol. The van der Waals surface area contributed by atoms with E-state index in [9.17, 15) is 13.2 Å². The molecule has 7 nitrogen and oxygen atoms in total. The molecule has 4 aromatic rings. The van der Waals surface area contributed by atoms with Gasteiger partial charge >= 0.3 is 0 Å². The summed E-state index contributed by atoms with van der Waals surface area (Å²) in [7, 11) is -3.43. The van der Waals surface area contributed by atoms with Crippen LogP contribution in [0.4, 0.5) is 0 Å². The van der Waals surface area contributed by atoms with Crippen LogP contribution in [0.5, 0.6) is 0 Å². The predicted molar refractivity (Wildman–Crippen MR) is 136 cm³/mol. The standard InChI is InChI=1S/C27H26N4O3S/c32-27(29-16-18-30(19-17-29)35(33,34)21-22-8-3-1-4-9-22)24-12-7-13-25(20-24)31-26(14-15-28-31)23-10-5-2-6-11-23/h1-15,20H,16-19,21H2. The molecule has 0 saturated carbocycles. The van der Waals surface area contributed by atoms with Gasteiger partial charge in [-0.05, 0) is 29.8 Å². The Balaban J connectivity index is 1.28. The maximum absolute atomic E-state index is 13.3. The van der Waals surface area contributed by atoms with Crippen LogP contribution in [0.15, 0.2) is 97.2 Å². The van der Waals surface area contributed by atoms with Crippen molar-refractivity contribution in [2.75, 3.05) is 26.2 Å². The van der Waals surface area contributed by atoms with Gasteiger partial charge in [-0.2, -0.15) is 9.40 Å². The van der Waals surface area contributed by atoms with Gasteiger partial charge in [-0.1, -0.05) is 66.7 Å². The molecule has 0 radical (unpaired) electrons. The molecular formula is C27H26N4O3S. The Morgan fingerprint density at radius 2 is 1.49 bits per heavy atom. The van der Waals surface area contributed by atoms with E-state index in [1.165, 1.54) is 4.31 Å². The fourth-order valence-corrected chi connectivity index (χ4v) is 5.85. The molecular weight excluding hydrogens is 460 g/mol. The van der Waals surface area contributed by atoms with Crippen LogP contribution in [0, 0.1) is 0 Å². The zero-order valence-corrected chi connectivity index (χ0v) is 20.0. The van der Waals surface area contributed by atoms with Crippen molar-refractivity contribution in [2.45, 2.75) is 5.75 Å². The second kappa shape index (κ2) is 9.85. The van der Waals surface area contributed by atoms with E-state index >= 15 is 0 Å². The second-order valence-electron chi connectivity index (χ2n) is 8.48. The average molecular weight is 487 g/mol. The van der Waals surface area contributed by atoms with Gasteiger partial charge in [0.25, 0.3) is 5.91 Å². The molecule has 0 spiro atoms. The molecule has 2 heterocycles. The van der Waals surface area contributed by atoms with E-state index in [1.54, 1.807) is 17.2 Å². The minimum atomic E-state index is -3.43. The SMILES string of the molecule is O=C(c1cccc(-n2nccc2-c2ccccc2)c1)N1CCN(S(=O)(=O)Cc2ccccc2)CC1. The summed E-state index contributed by atoms with van der Waals surface area (Å²) in [6.45, 7) is 1.29. The first-order valence-corrected chi connectivity index (χ1v) is 13.1. The molecule has 1 saturated heterocycles. The average Bonchev–Trinajstić information content (AvgIpc) is 3.39. The summed E-state index contributed by atoms with van der Waals surface area (Å²) in [6, 6.07) is 28.5. The highest BCUT2D eigenvalue weighted by Gasteiger charge is 2.29. The normalized spacial score (nSPS) is 14.7. The van der Waals surface area contributed by atoms with Gasteiger partial charge in [0.1, 0.15) is 0 Å². The van der Waals surface area contributed by atoms with Gasteiger partial charge in [-0.3, -0.25) is 4.79 Å². The van der Waals surface area contributed by atoms with Crippen LogP contribution in [0.1, 0.15) is 15.9 Å². The number of nitrogens with zero attached hydrogens (tertiary/aromatic N) is 4. The Morgan fingerprint density at radius 1 is 0.800 bits per heavy atom. The van der Waals surface area contributed by atoms with Crippen LogP contribution in [0.3, 0.4) is 0 Å². The molecule has 8 heteroatoms. The zero-order valence-electron chi connectivity index (χ0n) is 19.2. The zero-order chi connectivity index (χ0) is 24.3. The van der Waals surface area contributed by atoms with Gasteiger partial charge in [-0.15, -0.1) is 0 Å². The number of hydrogen-bond acceptors (Lipinski definition) is 4. The van der Waals surface area contributed by atoms with Crippen molar-refractivity contribution >= 4 is 15.9 Å². The molecule has 1 amide bonds. The molecule has 3 aromatic carbocycles. The fraction of sp³-hybridized carbons (Fsp3) is 0.185. The van der Waals surface area contributed by atoms with E-state index < -0.39 is 10.0 Å². The van der Waals surface area contributed by atoms with Crippen LogP contribution < -0.4 is 0 Å². The Bertz CT molecular complexity index is 1410. The lowest BCUT2D eigenvalue weighted by Crippen LogP contribution is -2.50. The number of piperazine rings is 1. The minimum Gasteiger partial charge on any atom is -0.336 e. The van der Waals surface area contributed by atoms with E-state index in [0.29, 0.717) is 18.7 Å². The number of amides is 1. The van der Waals surface area contributed by atoms with Crippen LogP contribution in [-0.4, -0.2) is 59.5 Å². The topological polar surface area (TPSA) is 75.5 Å². The molecule has 0 N–H and O–H groups in total. The first-order valence-electron chi connectivity index (χ1n) is 11.5. The van der Waals surface area contributed by atoms with Crippen molar-refractivity contribution in [3.63, 3.8) is 0 Å². The van der Waals surface area contributed by atoms with Crippen molar-refractivity contribution in [3.8, 4) is 16.9 Å². The van der Waals surface area contributed by atoms with Crippen molar-refractivity contribution in [2.24, 2.45) is 0 Å². The summed E-state index contributed by atoms with van der Waals surface area (Å²) in [6.07, 6.45) is 1.74. The Hall–Kier alpha value is -3.75. The number of benzene rings is 3. The number of rotatable bonds is 6. The lowest BCUT2D eigenvalue weighted by molar-refractivity contribution is 0.0697. The van der Waals surface area contributed by atoms with Gasteiger partial charge in [0, 0.05) is 37.3 Å². The first kappa shape index (κ1) is 23.0. The smallest absolute Gasteiger partial charge is 0.254 e. The molecule has 0 bridgehead atoms. The van der Waals surface area contributed by atoms with Gasteiger partial charge in [0.15, 0.2) is 0 Å². The van der Waals surface area contributed by atoms with Crippen molar-refractivity contribution in [1.29, 1.82) is 0 Å². The number of aromatic nitrogens is 2. The molecule has 1 aromatic heterocycles. The molecule has 35 heavy (non-hydrogen) atoms. The van der Waals surface area contributed by atoms with Gasteiger partial charge in [0.05, 0.1) is 23.3 Å². The lowest BCUT2D eigenvalue weighted by atomic mass is 10.1. The first-order chi connectivity index (χ1) is 17.0. The lowest BCUT2D eigenvalue weighted by Gasteiger charge is -2.34. The maximum atomic E-state index is 13.3. The summed E-state index contributed by atoms with van der Waals surface area (Å²) in [5.41, 5.74) is 4.08. The van der Waals surface area contributed by atoms with Crippen molar-refractivity contribution in [3.05, 3.63) is 108 Å².